The Kier molecular flexibility index (Phi) is 4.52. The maximum atomic E-state index is 12.3. The van der Waals surface area contributed by atoms with E-state index in [4.69, 9.17) is 0 Å². The zero-order valence-corrected chi connectivity index (χ0v) is 12.8. The van der Waals surface area contributed by atoms with Crippen LogP contribution in [0.2, 0.25) is 0 Å². The molecule has 6 heteroatoms. The Labute approximate surface area is 135 Å². The molecule has 6 nitrogen and oxygen atoms in total. The third kappa shape index (κ3) is 4.04. The van der Waals surface area contributed by atoms with E-state index in [1.165, 1.54) is 0 Å². The summed E-state index contributed by atoms with van der Waals surface area (Å²) in [5, 5.41) is 16.2. The Morgan fingerprint density at radius 1 is 1.26 bits per heavy atom. The molecule has 1 aliphatic carbocycles. The van der Waals surface area contributed by atoms with E-state index in [1.807, 2.05) is 6.07 Å². The van der Waals surface area contributed by atoms with Crippen LogP contribution >= 0.6 is 0 Å². The van der Waals surface area contributed by atoms with E-state index in [0.717, 1.165) is 31.4 Å². The fourth-order valence-electron chi connectivity index (χ4n) is 2.81. The molecule has 0 atom stereocenters. The minimum Gasteiger partial charge on any atom is -0.388 e. The molecule has 0 aliphatic heterocycles. The predicted octanol–water partition coefficient (Wildman–Crippen LogP) is 2.26. The lowest BCUT2D eigenvalue weighted by Gasteiger charge is -2.22. The largest absolute Gasteiger partial charge is 0.388 e. The molecule has 3 N–H and O–H groups in total. The summed E-state index contributed by atoms with van der Waals surface area (Å²) in [4.78, 5) is 20.4. The summed E-state index contributed by atoms with van der Waals surface area (Å²) in [6, 6.07) is 7.16. The van der Waals surface area contributed by atoms with Gasteiger partial charge in [0, 0.05) is 30.2 Å². The predicted molar refractivity (Wildman–Crippen MR) is 87.5 cm³/mol. The molecule has 1 amide bonds. The highest BCUT2D eigenvalue weighted by molar-refractivity contribution is 5.95. The Hall–Kier alpha value is -2.47. The number of carbonyl (C=O) groups is 1. The molecule has 0 bridgehead atoms. The van der Waals surface area contributed by atoms with E-state index < -0.39 is 5.60 Å². The van der Waals surface area contributed by atoms with Crippen LogP contribution < -0.4 is 10.6 Å². The second-order valence-corrected chi connectivity index (χ2v) is 5.91. The van der Waals surface area contributed by atoms with E-state index in [0.29, 0.717) is 17.9 Å². The molecule has 1 heterocycles. The molecule has 1 aromatic heterocycles. The zero-order chi connectivity index (χ0) is 16.1. The summed E-state index contributed by atoms with van der Waals surface area (Å²) in [5.74, 6) is 0.429. The van der Waals surface area contributed by atoms with E-state index in [1.54, 1.807) is 36.8 Å². The first-order chi connectivity index (χ1) is 11.1. The molecule has 0 radical (unpaired) electrons. The number of anilines is 2. The van der Waals surface area contributed by atoms with Crippen LogP contribution in [0.25, 0.3) is 0 Å². The van der Waals surface area contributed by atoms with Crippen molar-refractivity contribution in [2.45, 2.75) is 31.3 Å². The van der Waals surface area contributed by atoms with Gasteiger partial charge in [0.15, 0.2) is 0 Å². The van der Waals surface area contributed by atoms with Crippen molar-refractivity contribution < 1.29 is 9.90 Å². The number of aliphatic hydroxyl groups is 1. The van der Waals surface area contributed by atoms with Crippen LogP contribution in [0.5, 0.6) is 0 Å². The van der Waals surface area contributed by atoms with Gasteiger partial charge in [-0.3, -0.25) is 9.78 Å². The van der Waals surface area contributed by atoms with Gasteiger partial charge >= 0.3 is 0 Å². The lowest BCUT2D eigenvalue weighted by atomic mass is 10.0. The van der Waals surface area contributed by atoms with Gasteiger partial charge in [0.05, 0.1) is 11.8 Å². The molecule has 0 unspecified atom stereocenters. The van der Waals surface area contributed by atoms with Crippen molar-refractivity contribution in [2.24, 2.45) is 0 Å². The van der Waals surface area contributed by atoms with Crippen molar-refractivity contribution in [1.82, 2.24) is 15.3 Å². The molecule has 0 saturated heterocycles. The average molecular weight is 312 g/mol. The monoisotopic (exact) mass is 312 g/mol. The van der Waals surface area contributed by atoms with Crippen molar-refractivity contribution >= 4 is 17.4 Å². The lowest BCUT2D eigenvalue weighted by molar-refractivity contribution is 0.0449. The number of hydrogen-bond donors (Lipinski definition) is 3. The van der Waals surface area contributed by atoms with Crippen LogP contribution in [0.4, 0.5) is 11.5 Å². The van der Waals surface area contributed by atoms with Gasteiger partial charge in [-0.25, -0.2) is 4.98 Å². The fourth-order valence-corrected chi connectivity index (χ4v) is 2.81. The molecule has 23 heavy (non-hydrogen) atoms. The zero-order valence-electron chi connectivity index (χ0n) is 12.8. The van der Waals surface area contributed by atoms with Gasteiger partial charge in [-0.2, -0.15) is 0 Å². The number of nitrogens with zero attached hydrogens (tertiary/aromatic N) is 2. The number of aromatic nitrogens is 2. The van der Waals surface area contributed by atoms with Crippen molar-refractivity contribution in [3.05, 3.63) is 48.4 Å². The smallest absolute Gasteiger partial charge is 0.251 e. The van der Waals surface area contributed by atoms with E-state index in [-0.39, 0.29) is 5.91 Å². The molecule has 1 saturated carbocycles. The van der Waals surface area contributed by atoms with Crippen LogP contribution in [0.3, 0.4) is 0 Å². The van der Waals surface area contributed by atoms with Crippen molar-refractivity contribution in [3.8, 4) is 0 Å². The molecule has 1 aromatic carbocycles. The summed E-state index contributed by atoms with van der Waals surface area (Å²) in [7, 11) is 0. The van der Waals surface area contributed by atoms with Gasteiger partial charge in [-0.15, -0.1) is 0 Å². The number of carbonyl (C=O) groups excluding carboxylic acids is 1. The van der Waals surface area contributed by atoms with E-state index in [2.05, 4.69) is 20.6 Å². The quantitative estimate of drug-likeness (QED) is 0.788. The SMILES string of the molecule is O=C(NCC1(O)CCCC1)c1cccc(Nc2cnccn2)c1. The topological polar surface area (TPSA) is 87.1 Å². The summed E-state index contributed by atoms with van der Waals surface area (Å²) < 4.78 is 0. The molecule has 2 aromatic rings. The van der Waals surface area contributed by atoms with Crippen LogP contribution in [0.15, 0.2) is 42.9 Å². The van der Waals surface area contributed by atoms with E-state index >= 15 is 0 Å². The molecule has 1 fully saturated rings. The van der Waals surface area contributed by atoms with Gasteiger partial charge in [-0.1, -0.05) is 18.9 Å². The summed E-state index contributed by atoms with van der Waals surface area (Å²) in [6.45, 7) is 0.299. The van der Waals surface area contributed by atoms with Crippen LogP contribution in [0.1, 0.15) is 36.0 Å². The Morgan fingerprint density at radius 2 is 2.09 bits per heavy atom. The van der Waals surface area contributed by atoms with Gasteiger partial charge in [0.2, 0.25) is 0 Å². The molecule has 1 aliphatic rings. The van der Waals surface area contributed by atoms with Gasteiger partial charge in [-0.05, 0) is 31.0 Å². The standard InChI is InChI=1S/C17H20N4O2/c22-16(20-12-17(23)6-1-2-7-17)13-4-3-5-14(10-13)21-15-11-18-8-9-19-15/h3-5,8-11,23H,1-2,6-7,12H2,(H,19,21)(H,20,22). The number of benzene rings is 1. The average Bonchev–Trinajstić information content (AvgIpc) is 3.01. The maximum absolute atomic E-state index is 12.3. The lowest BCUT2D eigenvalue weighted by Crippen LogP contribution is -2.40. The highest BCUT2D eigenvalue weighted by atomic mass is 16.3. The first-order valence-electron chi connectivity index (χ1n) is 7.78. The third-order valence-corrected chi connectivity index (χ3v) is 4.07. The Morgan fingerprint density at radius 3 is 2.83 bits per heavy atom. The second-order valence-electron chi connectivity index (χ2n) is 5.91. The van der Waals surface area contributed by atoms with Crippen LogP contribution in [0, 0.1) is 0 Å². The second kappa shape index (κ2) is 6.75. The van der Waals surface area contributed by atoms with Crippen molar-refractivity contribution in [2.75, 3.05) is 11.9 Å². The van der Waals surface area contributed by atoms with Crippen LogP contribution in [-0.4, -0.2) is 33.1 Å². The van der Waals surface area contributed by atoms with Crippen molar-refractivity contribution in [1.29, 1.82) is 0 Å². The summed E-state index contributed by atoms with van der Waals surface area (Å²) in [5.41, 5.74) is 0.559. The molecule has 3 rings (SSSR count). The maximum Gasteiger partial charge on any atom is 0.251 e. The molecular formula is C17H20N4O2. The molecule has 0 spiro atoms. The first-order valence-corrected chi connectivity index (χ1v) is 7.78. The minimum atomic E-state index is -0.745. The summed E-state index contributed by atoms with van der Waals surface area (Å²) >= 11 is 0. The van der Waals surface area contributed by atoms with E-state index in [9.17, 15) is 9.90 Å². The number of hydrogen-bond acceptors (Lipinski definition) is 5. The summed E-state index contributed by atoms with van der Waals surface area (Å²) in [6.07, 6.45) is 8.35. The minimum absolute atomic E-state index is 0.187. The Bertz CT molecular complexity index is 669. The van der Waals surface area contributed by atoms with Crippen molar-refractivity contribution in [3.63, 3.8) is 0 Å². The highest BCUT2D eigenvalue weighted by Gasteiger charge is 2.31. The fraction of sp³-hybridized carbons (Fsp3) is 0.353. The van der Waals surface area contributed by atoms with Gasteiger partial charge in [0.25, 0.3) is 5.91 Å². The van der Waals surface area contributed by atoms with Gasteiger partial charge in [0.1, 0.15) is 5.82 Å². The normalized spacial score (nSPS) is 16.0. The Balaban J connectivity index is 1.63. The highest BCUT2D eigenvalue weighted by Crippen LogP contribution is 2.28. The van der Waals surface area contributed by atoms with Gasteiger partial charge < -0.3 is 15.7 Å². The number of rotatable bonds is 5. The number of amides is 1. The van der Waals surface area contributed by atoms with Crippen LogP contribution in [-0.2, 0) is 0 Å². The first kappa shape index (κ1) is 15.4. The third-order valence-electron chi connectivity index (χ3n) is 4.07. The molecule has 120 valence electrons. The molecular weight excluding hydrogens is 292 g/mol. The number of nitrogens with one attached hydrogen (secondary N) is 2.